The zero-order chi connectivity index (χ0) is 46.0. The Labute approximate surface area is 395 Å². The Kier molecular flexibility index (Phi) is 9.71. The highest BCUT2D eigenvalue weighted by Crippen LogP contribution is 2.42. The van der Waals surface area contributed by atoms with Gasteiger partial charge in [0.05, 0.1) is 44.8 Å². The van der Waals surface area contributed by atoms with Gasteiger partial charge in [0.2, 0.25) is 0 Å². The molecule has 12 aromatic rings. The zero-order valence-electron chi connectivity index (χ0n) is 38.3. The Hall–Kier alpha value is -8.85. The first-order valence-corrected chi connectivity index (χ1v) is 23.1. The van der Waals surface area contributed by atoms with Crippen LogP contribution in [0.2, 0.25) is 0 Å². The van der Waals surface area contributed by atoms with Gasteiger partial charge >= 0.3 is 0 Å². The molecule has 5 heteroatoms. The van der Waals surface area contributed by atoms with E-state index in [2.05, 4.69) is 207 Å². The first-order chi connectivity index (χ1) is 33.3. The highest BCUT2D eigenvalue weighted by Gasteiger charge is 2.24. The fourth-order valence-corrected chi connectivity index (χ4v) is 10.4. The average Bonchev–Trinajstić information content (AvgIpc) is 3.88. The molecule has 0 saturated heterocycles. The van der Waals surface area contributed by atoms with Crippen LogP contribution in [-0.2, 0) is 0 Å². The van der Waals surface area contributed by atoms with Gasteiger partial charge in [0.25, 0.3) is 0 Å². The van der Waals surface area contributed by atoms with E-state index < -0.39 is 0 Å². The third kappa shape index (κ3) is 6.77. The van der Waals surface area contributed by atoms with E-state index in [1.54, 1.807) is 0 Å². The smallest absolute Gasteiger partial charge is 0.160 e. The molecular formula is C63H45N5. The summed E-state index contributed by atoms with van der Waals surface area (Å²) in [6.45, 7) is 8.63. The third-order valence-electron chi connectivity index (χ3n) is 13.5. The van der Waals surface area contributed by atoms with Crippen molar-refractivity contribution in [2.75, 3.05) is 0 Å². The van der Waals surface area contributed by atoms with Gasteiger partial charge in [-0.15, -0.1) is 0 Å². The molecule has 322 valence electrons. The summed E-state index contributed by atoms with van der Waals surface area (Å²) in [4.78, 5) is 10.7. The monoisotopic (exact) mass is 871 g/mol. The van der Waals surface area contributed by atoms with E-state index in [1.165, 1.54) is 33.4 Å². The number of aromatic nitrogens is 4. The van der Waals surface area contributed by atoms with E-state index in [0.29, 0.717) is 11.4 Å². The molecule has 12 rings (SSSR count). The number of rotatable bonds is 7. The van der Waals surface area contributed by atoms with Crippen molar-refractivity contribution in [3.05, 3.63) is 228 Å². The van der Waals surface area contributed by atoms with Crippen LogP contribution in [0, 0.1) is 39.0 Å². The van der Waals surface area contributed by atoms with Crippen LogP contribution in [0.15, 0.2) is 200 Å². The highest BCUT2D eigenvalue weighted by atomic mass is 15.0. The van der Waals surface area contributed by atoms with Gasteiger partial charge in [0, 0.05) is 38.2 Å². The number of hydrogen-bond acceptors (Lipinski definition) is 3. The number of hydrogen-bond donors (Lipinski definition) is 0. The molecule has 0 atom stereocenters. The van der Waals surface area contributed by atoms with E-state index in [0.717, 1.165) is 94.2 Å². The molecule has 0 fully saturated rings. The molecule has 0 aliphatic rings. The molecule has 0 radical (unpaired) electrons. The Morgan fingerprint density at radius 1 is 0.368 bits per heavy atom. The van der Waals surface area contributed by atoms with E-state index in [1.807, 2.05) is 36.4 Å². The predicted molar refractivity (Wildman–Crippen MR) is 282 cm³/mol. The van der Waals surface area contributed by atoms with Crippen LogP contribution in [0.5, 0.6) is 0 Å². The summed E-state index contributed by atoms with van der Waals surface area (Å²) in [6.07, 6.45) is 0. The number of nitriles is 1. The number of fused-ring (bicyclic) bond motifs is 6. The normalized spacial score (nSPS) is 11.5. The van der Waals surface area contributed by atoms with Crippen molar-refractivity contribution in [1.29, 1.82) is 5.26 Å². The molecule has 0 unspecified atom stereocenters. The molecule has 0 spiro atoms. The lowest BCUT2D eigenvalue weighted by Crippen LogP contribution is -2.06. The summed E-state index contributed by atoms with van der Waals surface area (Å²) >= 11 is 0. The van der Waals surface area contributed by atoms with Crippen LogP contribution < -0.4 is 0 Å². The summed E-state index contributed by atoms with van der Waals surface area (Å²) in [5.41, 5.74) is 20.1. The molecule has 3 heterocycles. The Balaban J connectivity index is 1.18. The molecular weight excluding hydrogens is 827 g/mol. The summed E-state index contributed by atoms with van der Waals surface area (Å²) in [5.74, 6) is 0.563. The number of benzene rings is 9. The second kappa shape index (κ2) is 16.2. The van der Waals surface area contributed by atoms with Gasteiger partial charge in [-0.05, 0) is 116 Å². The fraction of sp³-hybridized carbons (Fsp3) is 0.0635. The topological polar surface area (TPSA) is 59.4 Å². The molecule has 0 bridgehead atoms. The van der Waals surface area contributed by atoms with Crippen LogP contribution in [0.1, 0.15) is 27.8 Å². The zero-order valence-corrected chi connectivity index (χ0v) is 38.3. The summed E-state index contributed by atoms with van der Waals surface area (Å²) < 4.78 is 4.54. The third-order valence-corrected chi connectivity index (χ3v) is 13.5. The molecule has 0 amide bonds. The van der Waals surface area contributed by atoms with Crippen LogP contribution in [-0.4, -0.2) is 19.1 Å². The van der Waals surface area contributed by atoms with Crippen molar-refractivity contribution in [2.24, 2.45) is 0 Å². The molecule has 68 heavy (non-hydrogen) atoms. The largest absolute Gasteiger partial charge is 0.308 e. The van der Waals surface area contributed by atoms with Gasteiger partial charge in [0.15, 0.2) is 5.82 Å². The molecule has 5 nitrogen and oxygen atoms in total. The van der Waals surface area contributed by atoms with Crippen LogP contribution >= 0.6 is 0 Å². The van der Waals surface area contributed by atoms with Crippen molar-refractivity contribution in [1.82, 2.24) is 19.1 Å². The Morgan fingerprint density at radius 2 is 0.794 bits per heavy atom. The van der Waals surface area contributed by atoms with E-state index in [4.69, 9.17) is 9.97 Å². The maximum Gasteiger partial charge on any atom is 0.160 e. The minimum absolute atomic E-state index is 0.540. The molecule has 0 saturated carbocycles. The van der Waals surface area contributed by atoms with Gasteiger partial charge in [-0.1, -0.05) is 157 Å². The second-order valence-corrected chi connectivity index (χ2v) is 18.0. The van der Waals surface area contributed by atoms with Gasteiger partial charge < -0.3 is 9.13 Å². The Morgan fingerprint density at radius 3 is 1.24 bits per heavy atom. The van der Waals surface area contributed by atoms with Crippen LogP contribution in [0.25, 0.3) is 111 Å². The Bertz CT molecular complexity index is 3770. The van der Waals surface area contributed by atoms with Gasteiger partial charge in [0.1, 0.15) is 11.6 Å². The van der Waals surface area contributed by atoms with Crippen LogP contribution in [0.3, 0.4) is 0 Å². The highest BCUT2D eigenvalue weighted by molar-refractivity contribution is 6.12. The number of aryl methyl sites for hydroxylation is 4. The minimum atomic E-state index is 0.540. The van der Waals surface area contributed by atoms with Gasteiger partial charge in [-0.25, -0.2) is 9.97 Å². The quantitative estimate of drug-likeness (QED) is 0.160. The van der Waals surface area contributed by atoms with Crippen molar-refractivity contribution < 1.29 is 0 Å². The van der Waals surface area contributed by atoms with Gasteiger partial charge in [-0.3, -0.25) is 0 Å². The van der Waals surface area contributed by atoms with Crippen molar-refractivity contribution in [3.63, 3.8) is 0 Å². The summed E-state index contributed by atoms with van der Waals surface area (Å²) in [5, 5.41) is 16.1. The lowest BCUT2D eigenvalue weighted by atomic mass is 9.97. The first-order valence-electron chi connectivity index (χ1n) is 23.1. The van der Waals surface area contributed by atoms with E-state index in [-0.39, 0.29) is 0 Å². The number of nitrogens with zero attached hydrogens (tertiary/aromatic N) is 5. The maximum absolute atomic E-state index is 11.7. The lowest BCUT2D eigenvalue weighted by Gasteiger charge is -2.18. The van der Waals surface area contributed by atoms with Crippen molar-refractivity contribution in [2.45, 2.75) is 27.7 Å². The van der Waals surface area contributed by atoms with Crippen molar-refractivity contribution >= 4 is 43.6 Å². The lowest BCUT2D eigenvalue weighted by molar-refractivity contribution is 1.11. The predicted octanol–water partition coefficient (Wildman–Crippen LogP) is 16.1. The van der Waals surface area contributed by atoms with E-state index >= 15 is 0 Å². The molecule has 0 aliphatic carbocycles. The molecule has 9 aromatic carbocycles. The fourth-order valence-electron chi connectivity index (χ4n) is 10.4. The molecule has 0 aliphatic heterocycles. The second-order valence-electron chi connectivity index (χ2n) is 18.0. The first kappa shape index (κ1) is 40.6. The van der Waals surface area contributed by atoms with Crippen molar-refractivity contribution in [3.8, 4) is 73.6 Å². The van der Waals surface area contributed by atoms with Gasteiger partial charge in [-0.2, -0.15) is 5.26 Å². The minimum Gasteiger partial charge on any atom is -0.308 e. The van der Waals surface area contributed by atoms with Crippen LogP contribution in [0.4, 0.5) is 0 Å². The summed E-state index contributed by atoms with van der Waals surface area (Å²) in [7, 11) is 0. The SMILES string of the molecule is Cc1ccc(-c2ccc3c(c2)c2ccccc2n3-c2cc(-c3nc(-c4ccccc4)cc(-c4ccccc4)n3)cc(-n3c4ccccc4c4cc(-c5ccc(C)cc5C)ccc43)c2C#N)c(C)c1. The maximum atomic E-state index is 11.7. The average molecular weight is 872 g/mol. The van der Waals surface area contributed by atoms with E-state index in [9.17, 15) is 5.26 Å². The molecule has 0 N–H and O–H groups in total. The standard InChI is InChI=1S/C63H45N5/c1-39-23-27-48(41(3)31-39)45-25-29-59-52(33-45)50-19-11-13-21-57(50)67(59)61-35-47(63-65-55(43-15-7-5-8-16-43)37-56(66-63)44-17-9-6-10-18-44)36-62(54(61)38-64)68-58-22-14-12-20-51(58)53-34-46(26-30-60(53)68)49-28-24-40(2)32-42(49)4/h5-37H,1-4H3. The summed E-state index contributed by atoms with van der Waals surface area (Å²) in [6, 6.07) is 73.5. The number of para-hydroxylation sites is 2. The molecule has 3 aromatic heterocycles.